The number of benzene rings is 1. The van der Waals surface area contributed by atoms with Crippen LogP contribution < -0.4 is 0 Å². The van der Waals surface area contributed by atoms with E-state index in [1.807, 2.05) is 0 Å². The molecule has 0 spiro atoms. The van der Waals surface area contributed by atoms with Crippen molar-refractivity contribution in [2.75, 3.05) is 26.2 Å². The number of rotatable bonds is 15. The molecule has 0 aliphatic heterocycles. The minimum absolute atomic E-state index is 0.130. The molecule has 0 fully saturated rings. The van der Waals surface area contributed by atoms with Crippen molar-refractivity contribution < 1.29 is 17.1 Å². The zero-order valence-corrected chi connectivity index (χ0v) is 20.1. The Morgan fingerprint density at radius 3 is 1.76 bits per heavy atom. The standard InChI is InChI=1S/C16H36N.C8H8O3S/c1-5-9-10-11-12-13-14-15-16-17(6-2,7-3)8-4;1-2-11-12(9,10)8-6-4-3-5-7-8/h5-16H2,1-4H3;2-7H,1H2/q+1;. The molecule has 4 nitrogen and oxygen atoms in total. The lowest BCUT2D eigenvalue weighted by atomic mass is 10.1. The molecule has 0 N–H and O–H groups in total. The van der Waals surface area contributed by atoms with Crippen molar-refractivity contribution in [1.82, 2.24) is 0 Å². The fourth-order valence-corrected chi connectivity index (χ4v) is 4.24. The Labute approximate surface area is 180 Å². The van der Waals surface area contributed by atoms with Crippen molar-refractivity contribution in [3.63, 3.8) is 0 Å². The summed E-state index contributed by atoms with van der Waals surface area (Å²) < 4.78 is 28.0. The quantitative estimate of drug-likeness (QED) is 0.138. The smallest absolute Gasteiger partial charge is 0.338 e. The second kappa shape index (κ2) is 16.5. The minimum atomic E-state index is -3.63. The van der Waals surface area contributed by atoms with Gasteiger partial charge in [-0.15, -0.1) is 0 Å². The predicted molar refractivity (Wildman–Crippen MR) is 124 cm³/mol. The van der Waals surface area contributed by atoms with E-state index < -0.39 is 10.1 Å². The summed E-state index contributed by atoms with van der Waals surface area (Å²) in [6.45, 7) is 17.8. The molecule has 1 aromatic rings. The lowest BCUT2D eigenvalue weighted by Crippen LogP contribution is -2.48. The number of nitrogens with zero attached hydrogens (tertiary/aromatic N) is 1. The van der Waals surface area contributed by atoms with Gasteiger partial charge in [0.05, 0.1) is 32.4 Å². The van der Waals surface area contributed by atoms with E-state index in [4.69, 9.17) is 0 Å². The summed E-state index contributed by atoms with van der Waals surface area (Å²) in [7, 11) is -3.63. The first-order valence-electron chi connectivity index (χ1n) is 11.4. The fraction of sp³-hybridized carbons (Fsp3) is 0.667. The molecule has 0 aliphatic rings. The topological polar surface area (TPSA) is 43.4 Å². The van der Waals surface area contributed by atoms with Crippen molar-refractivity contribution in [2.24, 2.45) is 0 Å². The molecule has 5 heteroatoms. The maximum atomic E-state index is 11.1. The van der Waals surface area contributed by atoms with Gasteiger partial charge in [-0.25, -0.2) is 0 Å². The molecule has 168 valence electrons. The monoisotopic (exact) mass is 426 g/mol. The first-order valence-corrected chi connectivity index (χ1v) is 12.8. The van der Waals surface area contributed by atoms with Crippen molar-refractivity contribution in [3.05, 3.63) is 43.2 Å². The van der Waals surface area contributed by atoms with Crippen LogP contribution in [0.25, 0.3) is 0 Å². The number of unbranched alkanes of at least 4 members (excludes halogenated alkanes) is 7. The van der Waals surface area contributed by atoms with Crippen LogP contribution in [0.5, 0.6) is 0 Å². The van der Waals surface area contributed by atoms with Gasteiger partial charge in [0.2, 0.25) is 0 Å². The minimum Gasteiger partial charge on any atom is -0.388 e. The highest BCUT2D eigenvalue weighted by Crippen LogP contribution is 2.13. The van der Waals surface area contributed by atoms with Crippen molar-refractivity contribution in [1.29, 1.82) is 0 Å². The van der Waals surface area contributed by atoms with Crippen LogP contribution in [-0.4, -0.2) is 39.1 Å². The van der Waals surface area contributed by atoms with Gasteiger partial charge in [-0.2, -0.15) is 8.42 Å². The third kappa shape index (κ3) is 12.1. The van der Waals surface area contributed by atoms with Crippen molar-refractivity contribution in [3.8, 4) is 0 Å². The Bertz CT molecular complexity index is 602. The Kier molecular flexibility index (Phi) is 15.7. The molecular formula is C24H44NO3S+. The second-order valence-corrected chi connectivity index (χ2v) is 9.09. The van der Waals surface area contributed by atoms with Gasteiger partial charge in [0.1, 0.15) is 4.90 Å². The molecule has 0 saturated heterocycles. The van der Waals surface area contributed by atoms with Crippen LogP contribution in [0.4, 0.5) is 0 Å². The van der Waals surface area contributed by atoms with Crippen molar-refractivity contribution in [2.45, 2.75) is 84.0 Å². The zero-order valence-electron chi connectivity index (χ0n) is 19.2. The highest BCUT2D eigenvalue weighted by molar-refractivity contribution is 7.86. The lowest BCUT2D eigenvalue weighted by Gasteiger charge is -2.35. The lowest BCUT2D eigenvalue weighted by molar-refractivity contribution is -0.923. The van der Waals surface area contributed by atoms with E-state index >= 15 is 0 Å². The maximum Gasteiger partial charge on any atom is 0.338 e. The van der Waals surface area contributed by atoms with Gasteiger partial charge < -0.3 is 8.67 Å². The number of hydrogen-bond acceptors (Lipinski definition) is 3. The summed E-state index contributed by atoms with van der Waals surface area (Å²) in [5.74, 6) is 0. The summed E-state index contributed by atoms with van der Waals surface area (Å²) in [5, 5.41) is 0. The molecule has 0 heterocycles. The molecule has 0 atom stereocenters. The van der Waals surface area contributed by atoms with Crippen LogP contribution in [0, 0.1) is 0 Å². The fourth-order valence-electron chi connectivity index (χ4n) is 3.46. The highest BCUT2D eigenvalue weighted by Gasteiger charge is 2.19. The maximum absolute atomic E-state index is 11.1. The average Bonchev–Trinajstić information content (AvgIpc) is 2.74. The van der Waals surface area contributed by atoms with Crippen LogP contribution in [0.15, 0.2) is 48.1 Å². The SMILES string of the molecule is C=COS(=O)(=O)c1ccccc1.CCCCCCCCCC[N+](CC)(CC)CC. The van der Waals surface area contributed by atoms with Crippen LogP contribution in [0.2, 0.25) is 0 Å². The molecule has 1 rings (SSSR count). The summed E-state index contributed by atoms with van der Waals surface area (Å²) >= 11 is 0. The van der Waals surface area contributed by atoms with E-state index in [9.17, 15) is 8.42 Å². The van der Waals surface area contributed by atoms with E-state index in [2.05, 4.69) is 38.5 Å². The summed E-state index contributed by atoms with van der Waals surface area (Å²) in [5.41, 5.74) is 0. The van der Waals surface area contributed by atoms with Gasteiger partial charge in [-0.1, -0.05) is 70.2 Å². The van der Waals surface area contributed by atoms with Crippen LogP contribution in [0.1, 0.15) is 79.1 Å². The molecule has 0 radical (unpaired) electrons. The molecule has 1 aromatic carbocycles. The van der Waals surface area contributed by atoms with Gasteiger partial charge in [0.25, 0.3) is 0 Å². The predicted octanol–water partition coefficient (Wildman–Crippen LogP) is 6.54. The highest BCUT2D eigenvalue weighted by atomic mass is 32.2. The van der Waals surface area contributed by atoms with E-state index in [-0.39, 0.29) is 4.90 Å². The van der Waals surface area contributed by atoms with E-state index in [0.717, 1.165) is 6.26 Å². The first kappa shape index (κ1) is 27.7. The Morgan fingerprint density at radius 1 is 0.828 bits per heavy atom. The van der Waals surface area contributed by atoms with E-state index in [0.29, 0.717) is 0 Å². The van der Waals surface area contributed by atoms with Gasteiger partial charge in [-0.3, -0.25) is 0 Å². The van der Waals surface area contributed by atoms with Crippen LogP contribution in [-0.2, 0) is 14.3 Å². The summed E-state index contributed by atoms with van der Waals surface area (Å²) in [4.78, 5) is 0.130. The van der Waals surface area contributed by atoms with E-state index in [1.54, 1.807) is 18.2 Å². The van der Waals surface area contributed by atoms with Crippen LogP contribution in [0.3, 0.4) is 0 Å². The largest absolute Gasteiger partial charge is 0.388 e. The third-order valence-corrected chi connectivity index (χ3v) is 6.96. The normalized spacial score (nSPS) is 11.4. The summed E-state index contributed by atoms with van der Waals surface area (Å²) in [6, 6.07) is 7.89. The molecular weight excluding hydrogens is 382 g/mol. The molecule has 0 aliphatic carbocycles. The van der Waals surface area contributed by atoms with Gasteiger partial charge >= 0.3 is 10.1 Å². The van der Waals surface area contributed by atoms with E-state index in [1.165, 1.54) is 94.2 Å². The molecule has 0 bridgehead atoms. The Hall–Kier alpha value is -1.33. The number of quaternary nitrogens is 1. The number of hydrogen-bond donors (Lipinski definition) is 0. The molecule has 0 saturated carbocycles. The first-order chi connectivity index (χ1) is 13.9. The average molecular weight is 427 g/mol. The zero-order chi connectivity index (χ0) is 22.0. The van der Waals surface area contributed by atoms with Gasteiger partial charge in [0, 0.05) is 0 Å². The third-order valence-electron chi connectivity index (χ3n) is 5.73. The Balaban J connectivity index is 0.000000571. The Morgan fingerprint density at radius 2 is 1.31 bits per heavy atom. The summed E-state index contributed by atoms with van der Waals surface area (Å²) in [6.07, 6.45) is 12.4. The van der Waals surface area contributed by atoms with Crippen LogP contribution >= 0.6 is 0 Å². The van der Waals surface area contributed by atoms with Gasteiger partial charge in [0.15, 0.2) is 0 Å². The van der Waals surface area contributed by atoms with Crippen molar-refractivity contribution >= 4 is 10.1 Å². The molecule has 0 unspecified atom stereocenters. The molecule has 29 heavy (non-hydrogen) atoms. The molecule has 0 amide bonds. The van der Waals surface area contributed by atoms with Gasteiger partial charge in [-0.05, 0) is 45.7 Å². The second-order valence-electron chi connectivity index (χ2n) is 7.52. The molecule has 0 aromatic heterocycles.